The summed E-state index contributed by atoms with van der Waals surface area (Å²) in [5.74, 6) is -1.30. The van der Waals surface area contributed by atoms with Gasteiger partial charge in [-0.05, 0) is 24.6 Å². The lowest BCUT2D eigenvalue weighted by atomic mass is 10.2. The van der Waals surface area contributed by atoms with Crippen LogP contribution in [0.25, 0.3) is 0 Å². The molecule has 0 atom stereocenters. The first-order valence-corrected chi connectivity index (χ1v) is 9.30. The second-order valence-electron chi connectivity index (χ2n) is 5.83. The highest BCUT2D eigenvalue weighted by Crippen LogP contribution is 2.22. The van der Waals surface area contributed by atoms with E-state index >= 15 is 0 Å². The van der Waals surface area contributed by atoms with Crippen molar-refractivity contribution in [1.82, 2.24) is 9.62 Å². The second kappa shape index (κ2) is 8.23. The van der Waals surface area contributed by atoms with E-state index in [1.807, 2.05) is 0 Å². The predicted octanol–water partition coefficient (Wildman–Crippen LogP) is 1.23. The zero-order chi connectivity index (χ0) is 20.2. The van der Waals surface area contributed by atoms with Gasteiger partial charge in [-0.3, -0.25) is 4.79 Å². The molecule has 1 heterocycles. The number of nitrogens with zero attached hydrogens (tertiary/aromatic N) is 1. The Morgan fingerprint density at radius 3 is 2.59 bits per heavy atom. The van der Waals surface area contributed by atoms with Crippen molar-refractivity contribution >= 4 is 21.9 Å². The molecule has 2 rings (SSSR count). The number of carboxylic acid groups (broad SMARTS) is 1. The quantitative estimate of drug-likeness (QED) is 0.687. The number of furan rings is 1. The van der Waals surface area contributed by atoms with Crippen LogP contribution in [0.2, 0.25) is 0 Å². The zero-order valence-corrected chi connectivity index (χ0v) is 15.9. The Kier molecular flexibility index (Phi) is 6.24. The van der Waals surface area contributed by atoms with Gasteiger partial charge in [-0.15, -0.1) is 0 Å². The molecular formula is C17H20N2O7S. The summed E-state index contributed by atoms with van der Waals surface area (Å²) in [4.78, 5) is 22.7. The predicted molar refractivity (Wildman–Crippen MR) is 95.1 cm³/mol. The van der Waals surface area contributed by atoms with Gasteiger partial charge in [-0.1, -0.05) is 12.1 Å². The normalized spacial score (nSPS) is 11.4. The largest absolute Gasteiger partial charge is 0.482 e. The minimum Gasteiger partial charge on any atom is -0.482 e. The van der Waals surface area contributed by atoms with Crippen molar-refractivity contribution in [3.05, 3.63) is 47.4 Å². The van der Waals surface area contributed by atoms with Crippen LogP contribution in [0.1, 0.15) is 21.9 Å². The number of carboxylic acids is 1. The Labute approximate surface area is 156 Å². The topological polar surface area (TPSA) is 126 Å². The van der Waals surface area contributed by atoms with E-state index in [1.165, 1.54) is 27.1 Å². The summed E-state index contributed by atoms with van der Waals surface area (Å²) in [6.07, 6.45) is 0. The van der Waals surface area contributed by atoms with E-state index in [0.717, 1.165) is 4.31 Å². The summed E-state index contributed by atoms with van der Waals surface area (Å²) >= 11 is 0. The molecule has 0 aliphatic heterocycles. The molecule has 0 bridgehead atoms. The third-order valence-electron chi connectivity index (χ3n) is 3.57. The third-order valence-corrected chi connectivity index (χ3v) is 5.49. The first kappa shape index (κ1) is 20.5. The first-order valence-electron chi connectivity index (χ1n) is 7.86. The molecule has 27 heavy (non-hydrogen) atoms. The van der Waals surface area contributed by atoms with Crippen molar-refractivity contribution < 1.29 is 32.3 Å². The number of sulfonamides is 1. The SMILES string of the molecule is Cc1oc(C(=O)NCc2cccc(OCC(=O)O)c2)cc1S(=O)(=O)N(C)C. The van der Waals surface area contributed by atoms with Gasteiger partial charge in [0.1, 0.15) is 16.4 Å². The lowest BCUT2D eigenvalue weighted by Crippen LogP contribution is -2.23. The number of aliphatic carboxylic acids is 1. The Morgan fingerprint density at radius 2 is 1.96 bits per heavy atom. The molecule has 146 valence electrons. The molecule has 2 aromatic rings. The molecule has 0 radical (unpaired) electrons. The van der Waals surface area contributed by atoms with Crippen LogP contribution in [-0.2, 0) is 21.4 Å². The second-order valence-corrected chi connectivity index (χ2v) is 7.95. The van der Waals surface area contributed by atoms with Gasteiger partial charge in [0.2, 0.25) is 10.0 Å². The number of aryl methyl sites for hydroxylation is 1. The summed E-state index contributed by atoms with van der Waals surface area (Å²) in [5, 5.41) is 11.2. The number of hydrogen-bond acceptors (Lipinski definition) is 6. The van der Waals surface area contributed by atoms with Crippen molar-refractivity contribution in [2.75, 3.05) is 20.7 Å². The maximum Gasteiger partial charge on any atom is 0.341 e. The van der Waals surface area contributed by atoms with Gasteiger partial charge < -0.3 is 19.6 Å². The summed E-state index contributed by atoms with van der Waals surface area (Å²) in [7, 11) is -0.932. The lowest BCUT2D eigenvalue weighted by Gasteiger charge is -2.09. The van der Waals surface area contributed by atoms with Crippen molar-refractivity contribution in [2.45, 2.75) is 18.4 Å². The van der Waals surface area contributed by atoms with Crippen molar-refractivity contribution in [3.8, 4) is 5.75 Å². The van der Waals surface area contributed by atoms with Crippen LogP contribution in [0.5, 0.6) is 5.75 Å². The molecule has 0 aliphatic rings. The highest BCUT2D eigenvalue weighted by molar-refractivity contribution is 7.89. The fourth-order valence-corrected chi connectivity index (χ4v) is 3.24. The molecule has 1 amide bonds. The number of rotatable bonds is 8. The van der Waals surface area contributed by atoms with Gasteiger partial charge in [0.25, 0.3) is 5.91 Å². The van der Waals surface area contributed by atoms with Gasteiger partial charge in [-0.25, -0.2) is 17.5 Å². The van der Waals surface area contributed by atoms with Crippen molar-refractivity contribution in [1.29, 1.82) is 0 Å². The molecule has 10 heteroatoms. The molecule has 1 aromatic heterocycles. The Bertz CT molecular complexity index is 948. The van der Waals surface area contributed by atoms with Gasteiger partial charge >= 0.3 is 5.97 Å². The van der Waals surface area contributed by atoms with Gasteiger partial charge in [-0.2, -0.15) is 0 Å². The van der Waals surface area contributed by atoms with E-state index in [9.17, 15) is 18.0 Å². The fraction of sp³-hybridized carbons (Fsp3) is 0.294. The van der Waals surface area contributed by atoms with Crippen LogP contribution in [0.3, 0.4) is 0 Å². The monoisotopic (exact) mass is 396 g/mol. The van der Waals surface area contributed by atoms with Crippen molar-refractivity contribution in [2.24, 2.45) is 0 Å². The average molecular weight is 396 g/mol. The molecule has 1 aromatic carbocycles. The number of ether oxygens (including phenoxy) is 1. The Balaban J connectivity index is 2.07. The average Bonchev–Trinajstić information content (AvgIpc) is 3.00. The Morgan fingerprint density at radius 1 is 1.26 bits per heavy atom. The van der Waals surface area contributed by atoms with Crippen LogP contribution >= 0.6 is 0 Å². The molecule has 0 saturated heterocycles. The van der Waals surface area contributed by atoms with Gasteiger partial charge in [0, 0.05) is 26.7 Å². The minimum absolute atomic E-state index is 0.0679. The maximum atomic E-state index is 12.3. The number of carbonyl (C=O) groups is 2. The van der Waals surface area contributed by atoms with E-state index in [-0.39, 0.29) is 23.0 Å². The molecule has 0 aliphatic carbocycles. The smallest absolute Gasteiger partial charge is 0.341 e. The fourth-order valence-electron chi connectivity index (χ4n) is 2.19. The standard InChI is InChI=1S/C17H20N2O7S/c1-11-15(27(23,24)19(2)3)8-14(26-11)17(22)18-9-12-5-4-6-13(7-12)25-10-16(20)21/h4-8H,9-10H2,1-3H3,(H,18,22)(H,20,21). The summed E-state index contributed by atoms with van der Waals surface area (Å²) in [5.41, 5.74) is 0.677. The zero-order valence-electron chi connectivity index (χ0n) is 15.1. The van der Waals surface area contributed by atoms with E-state index in [0.29, 0.717) is 11.3 Å². The molecule has 0 saturated carbocycles. The van der Waals surface area contributed by atoms with Gasteiger partial charge in [0.05, 0.1) is 0 Å². The van der Waals surface area contributed by atoms with Crippen LogP contribution < -0.4 is 10.1 Å². The highest BCUT2D eigenvalue weighted by atomic mass is 32.2. The number of carbonyl (C=O) groups excluding carboxylic acids is 1. The molecule has 2 N–H and O–H groups in total. The number of amides is 1. The maximum absolute atomic E-state index is 12.3. The lowest BCUT2D eigenvalue weighted by molar-refractivity contribution is -0.139. The molecule has 0 unspecified atom stereocenters. The third kappa shape index (κ3) is 5.08. The number of nitrogens with one attached hydrogen (secondary N) is 1. The minimum atomic E-state index is -3.71. The molecule has 0 spiro atoms. The summed E-state index contributed by atoms with van der Waals surface area (Å²) in [6.45, 7) is 1.12. The van der Waals surface area contributed by atoms with Crippen LogP contribution in [0, 0.1) is 6.92 Å². The Hall–Kier alpha value is -2.85. The van der Waals surface area contributed by atoms with Gasteiger partial charge in [0.15, 0.2) is 12.4 Å². The van der Waals surface area contributed by atoms with Crippen molar-refractivity contribution in [3.63, 3.8) is 0 Å². The van der Waals surface area contributed by atoms with E-state index in [2.05, 4.69) is 5.32 Å². The van der Waals surface area contributed by atoms with E-state index in [1.54, 1.807) is 24.3 Å². The highest BCUT2D eigenvalue weighted by Gasteiger charge is 2.25. The molecule has 0 fully saturated rings. The number of benzene rings is 1. The van der Waals surface area contributed by atoms with Crippen LogP contribution in [0.4, 0.5) is 0 Å². The van der Waals surface area contributed by atoms with Crippen LogP contribution in [-0.4, -0.2) is 50.4 Å². The van der Waals surface area contributed by atoms with E-state index < -0.39 is 28.5 Å². The summed E-state index contributed by atoms with van der Waals surface area (Å²) in [6, 6.07) is 7.77. The van der Waals surface area contributed by atoms with Crippen LogP contribution in [0.15, 0.2) is 39.6 Å². The summed E-state index contributed by atoms with van der Waals surface area (Å²) < 4.78 is 35.8. The number of hydrogen-bond donors (Lipinski definition) is 2. The van der Waals surface area contributed by atoms with E-state index in [4.69, 9.17) is 14.3 Å². The first-order chi connectivity index (χ1) is 12.6. The molecule has 9 nitrogen and oxygen atoms in total. The molecular weight excluding hydrogens is 376 g/mol.